The highest BCUT2D eigenvalue weighted by Crippen LogP contribution is 2.36. The molecular formula is C19H28N2O3S. The molecule has 1 unspecified atom stereocenters. The van der Waals surface area contributed by atoms with Crippen molar-refractivity contribution in [2.45, 2.75) is 39.8 Å². The zero-order valence-electron chi connectivity index (χ0n) is 16.2. The summed E-state index contributed by atoms with van der Waals surface area (Å²) in [4.78, 5) is 8.27. The molecule has 0 amide bonds. The van der Waals surface area contributed by atoms with E-state index in [-0.39, 0.29) is 6.04 Å². The van der Waals surface area contributed by atoms with Gasteiger partial charge in [0.2, 0.25) is 0 Å². The minimum absolute atomic E-state index is 0.274. The minimum atomic E-state index is 0.274. The molecule has 2 rings (SSSR count). The maximum atomic E-state index is 5.55. The lowest BCUT2D eigenvalue weighted by Gasteiger charge is -2.25. The third kappa shape index (κ3) is 4.25. The highest BCUT2D eigenvalue weighted by molar-refractivity contribution is 7.11. The summed E-state index contributed by atoms with van der Waals surface area (Å²) in [5.41, 5.74) is 2.19. The summed E-state index contributed by atoms with van der Waals surface area (Å²) < 4.78 is 16.3. The molecule has 0 N–H and O–H groups in total. The molecule has 5 nitrogen and oxygen atoms in total. The van der Waals surface area contributed by atoms with Crippen molar-refractivity contribution in [3.8, 4) is 17.2 Å². The lowest BCUT2D eigenvalue weighted by Crippen LogP contribution is -2.22. The van der Waals surface area contributed by atoms with Gasteiger partial charge in [-0.05, 0) is 33.4 Å². The molecular weight excluding hydrogens is 336 g/mol. The maximum Gasteiger partial charge on any atom is 0.164 e. The third-order valence-electron chi connectivity index (χ3n) is 4.43. The molecule has 1 heterocycles. The van der Waals surface area contributed by atoms with Crippen molar-refractivity contribution in [1.29, 1.82) is 0 Å². The Hall–Kier alpha value is -1.79. The summed E-state index contributed by atoms with van der Waals surface area (Å²) in [6, 6.07) is 4.13. The van der Waals surface area contributed by atoms with Crippen molar-refractivity contribution in [3.05, 3.63) is 33.3 Å². The van der Waals surface area contributed by atoms with E-state index in [2.05, 4.69) is 37.7 Å². The first-order valence-corrected chi connectivity index (χ1v) is 9.22. The summed E-state index contributed by atoms with van der Waals surface area (Å²) >= 11 is 1.80. The van der Waals surface area contributed by atoms with E-state index < -0.39 is 0 Å². The normalized spacial score (nSPS) is 12.3. The molecule has 6 heteroatoms. The highest BCUT2D eigenvalue weighted by atomic mass is 32.1. The molecule has 2 aromatic rings. The topological polar surface area (TPSA) is 43.8 Å². The highest BCUT2D eigenvalue weighted by Gasteiger charge is 2.20. The second-order valence-corrected chi connectivity index (χ2v) is 7.14. The molecule has 0 spiro atoms. The number of hydrogen-bond acceptors (Lipinski definition) is 6. The van der Waals surface area contributed by atoms with Crippen LogP contribution in [0.2, 0.25) is 0 Å². The van der Waals surface area contributed by atoms with Crippen molar-refractivity contribution in [3.63, 3.8) is 0 Å². The maximum absolute atomic E-state index is 5.55. The molecule has 1 aromatic carbocycles. The Morgan fingerprint density at radius 1 is 1.08 bits per heavy atom. The van der Waals surface area contributed by atoms with Crippen LogP contribution in [0.3, 0.4) is 0 Å². The quantitative estimate of drug-likeness (QED) is 0.701. The van der Waals surface area contributed by atoms with Gasteiger partial charge in [-0.25, -0.2) is 4.98 Å². The van der Waals surface area contributed by atoms with Crippen LogP contribution in [0, 0.1) is 6.92 Å². The van der Waals surface area contributed by atoms with Crippen LogP contribution >= 0.6 is 11.3 Å². The van der Waals surface area contributed by atoms with Crippen LogP contribution in [-0.4, -0.2) is 38.3 Å². The van der Waals surface area contributed by atoms with Gasteiger partial charge in [0.1, 0.15) is 5.75 Å². The summed E-state index contributed by atoms with van der Waals surface area (Å²) in [5, 5.41) is 1.19. The van der Waals surface area contributed by atoms with Gasteiger partial charge in [-0.3, -0.25) is 4.90 Å². The van der Waals surface area contributed by atoms with E-state index in [0.29, 0.717) is 11.5 Å². The fraction of sp³-hybridized carbons (Fsp3) is 0.526. The minimum Gasteiger partial charge on any atom is -0.496 e. The Morgan fingerprint density at radius 2 is 1.68 bits per heavy atom. The van der Waals surface area contributed by atoms with Gasteiger partial charge in [-0.2, -0.15) is 0 Å². The van der Waals surface area contributed by atoms with Gasteiger partial charge in [0.25, 0.3) is 0 Å². The first-order valence-electron chi connectivity index (χ1n) is 8.40. The van der Waals surface area contributed by atoms with Crippen LogP contribution in [-0.2, 0) is 13.0 Å². The molecule has 0 aliphatic rings. The second-order valence-electron chi connectivity index (χ2n) is 6.02. The van der Waals surface area contributed by atoms with Crippen molar-refractivity contribution >= 4 is 11.3 Å². The second kappa shape index (κ2) is 8.54. The number of methoxy groups -OCH3 is 3. The number of ether oxygens (including phenoxy) is 3. The predicted octanol–water partition coefficient (Wildman–Crippen LogP) is 4.23. The summed E-state index contributed by atoms with van der Waals surface area (Å²) in [6.07, 6.45) is 0.978. The fourth-order valence-electron chi connectivity index (χ4n) is 2.83. The van der Waals surface area contributed by atoms with Crippen LogP contribution in [0.1, 0.15) is 41.0 Å². The van der Waals surface area contributed by atoms with Crippen molar-refractivity contribution in [1.82, 2.24) is 9.88 Å². The van der Waals surface area contributed by atoms with Gasteiger partial charge in [-0.1, -0.05) is 6.92 Å². The molecule has 0 bridgehead atoms. The summed E-state index contributed by atoms with van der Waals surface area (Å²) in [5.74, 6) is 2.18. The van der Waals surface area contributed by atoms with Gasteiger partial charge in [-0.15, -0.1) is 11.3 Å². The number of rotatable bonds is 8. The SMILES string of the molecule is CCc1nc(C)c(C(C)N(C)Cc2cc(OC)c(OC)cc2OC)s1. The van der Waals surface area contributed by atoms with Crippen LogP contribution in [0.15, 0.2) is 12.1 Å². The van der Waals surface area contributed by atoms with E-state index in [9.17, 15) is 0 Å². The van der Waals surface area contributed by atoms with Gasteiger partial charge >= 0.3 is 0 Å². The Labute approximate surface area is 154 Å². The van der Waals surface area contributed by atoms with Crippen molar-refractivity contribution in [2.75, 3.05) is 28.4 Å². The number of aromatic nitrogens is 1. The predicted molar refractivity (Wildman–Crippen MR) is 102 cm³/mol. The fourth-order valence-corrected chi connectivity index (χ4v) is 3.95. The number of benzene rings is 1. The average molecular weight is 365 g/mol. The van der Waals surface area contributed by atoms with Crippen molar-refractivity contribution < 1.29 is 14.2 Å². The molecule has 0 fully saturated rings. The number of aryl methyl sites for hydroxylation is 2. The zero-order valence-corrected chi connectivity index (χ0v) is 17.0. The Balaban J connectivity index is 2.26. The average Bonchev–Trinajstić information content (AvgIpc) is 3.01. The standard InChI is InChI=1S/C19H28N2O3S/c1-8-18-20-12(2)19(25-18)13(3)21(4)11-14-9-16(23-6)17(24-7)10-15(14)22-5/h9-10,13H,8,11H2,1-7H3. The Bertz CT molecular complexity index is 715. The molecule has 0 aliphatic carbocycles. The largest absolute Gasteiger partial charge is 0.496 e. The van der Waals surface area contributed by atoms with E-state index >= 15 is 0 Å². The van der Waals surface area contributed by atoms with Crippen LogP contribution in [0.25, 0.3) is 0 Å². The Morgan fingerprint density at radius 3 is 2.20 bits per heavy atom. The molecule has 138 valence electrons. The first kappa shape index (κ1) is 19.5. The van der Waals surface area contributed by atoms with Gasteiger partial charge in [0.05, 0.1) is 32.0 Å². The van der Waals surface area contributed by atoms with Crippen LogP contribution < -0.4 is 14.2 Å². The molecule has 1 aromatic heterocycles. The van der Waals surface area contributed by atoms with E-state index in [0.717, 1.165) is 30.0 Å². The smallest absolute Gasteiger partial charge is 0.164 e. The van der Waals surface area contributed by atoms with Crippen LogP contribution in [0.4, 0.5) is 0 Å². The molecule has 1 atom stereocenters. The monoisotopic (exact) mass is 364 g/mol. The van der Waals surface area contributed by atoms with Gasteiger partial charge in [0.15, 0.2) is 11.5 Å². The number of thiazole rings is 1. The summed E-state index contributed by atoms with van der Waals surface area (Å²) in [6.45, 7) is 7.19. The molecule has 0 radical (unpaired) electrons. The van der Waals surface area contributed by atoms with E-state index in [1.807, 2.05) is 12.1 Å². The van der Waals surface area contributed by atoms with E-state index in [1.54, 1.807) is 32.7 Å². The van der Waals surface area contributed by atoms with Crippen LogP contribution in [0.5, 0.6) is 17.2 Å². The van der Waals surface area contributed by atoms with Gasteiger partial charge < -0.3 is 14.2 Å². The van der Waals surface area contributed by atoms with Gasteiger partial charge in [0, 0.05) is 29.1 Å². The van der Waals surface area contributed by atoms with E-state index in [1.165, 1.54) is 9.88 Å². The lowest BCUT2D eigenvalue weighted by atomic mass is 10.1. The van der Waals surface area contributed by atoms with E-state index in [4.69, 9.17) is 14.2 Å². The molecule has 0 aliphatic heterocycles. The molecule has 0 saturated carbocycles. The number of nitrogens with zero attached hydrogens (tertiary/aromatic N) is 2. The third-order valence-corrected chi connectivity index (χ3v) is 5.90. The zero-order chi connectivity index (χ0) is 18.6. The molecule has 25 heavy (non-hydrogen) atoms. The first-order chi connectivity index (χ1) is 11.9. The molecule has 0 saturated heterocycles. The summed E-state index contributed by atoms with van der Waals surface area (Å²) in [7, 11) is 7.07. The van der Waals surface area contributed by atoms with Crippen molar-refractivity contribution in [2.24, 2.45) is 0 Å². The number of hydrogen-bond donors (Lipinski definition) is 0. The Kier molecular flexibility index (Phi) is 6.67. The lowest BCUT2D eigenvalue weighted by molar-refractivity contribution is 0.250.